The molecule has 0 radical (unpaired) electrons. The number of pyridine rings is 1. The molecule has 1 amide bonds. The number of hydrazine groups is 1. The Balaban J connectivity index is 2.22. The van der Waals surface area contributed by atoms with Crippen molar-refractivity contribution < 1.29 is 4.79 Å². The predicted octanol–water partition coefficient (Wildman–Crippen LogP) is 2.26. The van der Waals surface area contributed by atoms with Gasteiger partial charge in [-0.25, -0.2) is 0 Å². The number of benzene rings is 1. The van der Waals surface area contributed by atoms with Crippen LogP contribution in [0.1, 0.15) is 27.2 Å². The lowest BCUT2D eigenvalue weighted by Gasteiger charge is -2.20. The van der Waals surface area contributed by atoms with Gasteiger partial charge in [-0.3, -0.25) is 15.6 Å². The average molecular weight is 284 g/mol. The van der Waals surface area contributed by atoms with Crippen molar-refractivity contribution in [2.24, 2.45) is 5.84 Å². The second kappa shape index (κ2) is 6.37. The monoisotopic (exact) mass is 284 g/mol. The van der Waals surface area contributed by atoms with Crippen LogP contribution in [0.2, 0.25) is 0 Å². The minimum Gasteiger partial charge on any atom is -0.337 e. The second-order valence-corrected chi connectivity index (χ2v) is 5.10. The van der Waals surface area contributed by atoms with Gasteiger partial charge in [-0.1, -0.05) is 24.3 Å². The highest BCUT2D eigenvalue weighted by atomic mass is 16.2. The number of nitrogens with zero attached hydrogens (tertiary/aromatic N) is 2. The van der Waals surface area contributed by atoms with Crippen molar-refractivity contribution in [3.8, 4) is 0 Å². The van der Waals surface area contributed by atoms with Gasteiger partial charge in [0.05, 0.1) is 11.3 Å². The Hall–Kier alpha value is -2.40. The lowest BCUT2D eigenvalue weighted by Crippen LogP contribution is -2.28. The molecule has 2 rings (SSSR count). The molecule has 21 heavy (non-hydrogen) atoms. The van der Waals surface area contributed by atoms with E-state index < -0.39 is 0 Å². The van der Waals surface area contributed by atoms with Gasteiger partial charge in [0.25, 0.3) is 5.91 Å². The number of hydrogen-bond donors (Lipinski definition) is 2. The highest BCUT2D eigenvalue weighted by molar-refractivity contribution is 5.99. The molecule has 0 unspecified atom stereocenters. The molecule has 0 aliphatic heterocycles. The molecule has 0 aliphatic carbocycles. The van der Waals surface area contributed by atoms with Crippen LogP contribution in [0.15, 0.2) is 36.5 Å². The minimum atomic E-state index is -0.112. The van der Waals surface area contributed by atoms with Crippen LogP contribution in [0.5, 0.6) is 0 Å². The van der Waals surface area contributed by atoms with Gasteiger partial charge < -0.3 is 10.3 Å². The van der Waals surface area contributed by atoms with Crippen LogP contribution in [0.4, 0.5) is 5.69 Å². The largest absolute Gasteiger partial charge is 0.337 e. The first-order valence-electron chi connectivity index (χ1n) is 6.76. The Morgan fingerprint density at radius 1 is 1.33 bits per heavy atom. The van der Waals surface area contributed by atoms with Crippen molar-refractivity contribution in [2.75, 3.05) is 12.5 Å². The second-order valence-electron chi connectivity index (χ2n) is 5.10. The molecular weight excluding hydrogens is 264 g/mol. The predicted molar refractivity (Wildman–Crippen MR) is 83.8 cm³/mol. The molecule has 3 N–H and O–H groups in total. The van der Waals surface area contributed by atoms with E-state index >= 15 is 0 Å². The van der Waals surface area contributed by atoms with E-state index in [0.29, 0.717) is 17.8 Å². The number of rotatable bonds is 4. The number of carbonyl (C=O) groups excluding carboxylic acids is 1. The van der Waals surface area contributed by atoms with E-state index in [2.05, 4.69) is 10.4 Å². The van der Waals surface area contributed by atoms with E-state index in [0.717, 1.165) is 16.8 Å². The fourth-order valence-corrected chi connectivity index (χ4v) is 2.17. The summed E-state index contributed by atoms with van der Waals surface area (Å²) in [6.45, 7) is 4.43. The molecule has 5 heteroatoms. The zero-order chi connectivity index (χ0) is 15.4. The van der Waals surface area contributed by atoms with Gasteiger partial charge in [-0.15, -0.1) is 0 Å². The maximum absolute atomic E-state index is 12.5. The number of amides is 1. The molecule has 0 bridgehead atoms. The molecule has 0 saturated carbocycles. The third-order valence-electron chi connectivity index (χ3n) is 3.44. The Bertz CT molecular complexity index is 654. The first kappa shape index (κ1) is 15.0. The third-order valence-corrected chi connectivity index (χ3v) is 3.44. The fraction of sp³-hybridized carbons (Fsp3) is 0.250. The number of aromatic nitrogens is 1. The summed E-state index contributed by atoms with van der Waals surface area (Å²) in [6, 6.07) is 9.78. The molecule has 1 aromatic heterocycles. The van der Waals surface area contributed by atoms with E-state index in [-0.39, 0.29) is 5.91 Å². The van der Waals surface area contributed by atoms with Gasteiger partial charge in [0.2, 0.25) is 0 Å². The van der Waals surface area contributed by atoms with Gasteiger partial charge in [-0.2, -0.15) is 0 Å². The van der Waals surface area contributed by atoms with Gasteiger partial charge in [0, 0.05) is 25.5 Å². The van der Waals surface area contributed by atoms with E-state index in [4.69, 9.17) is 5.84 Å². The van der Waals surface area contributed by atoms with Gasteiger partial charge in [0.1, 0.15) is 0 Å². The zero-order valence-electron chi connectivity index (χ0n) is 12.6. The quantitative estimate of drug-likeness (QED) is 0.667. The standard InChI is InChI=1S/C16H20N4O/c1-11-6-4-5-7-13(11)10-20(3)16(21)14-9-18-12(2)8-15(14)19-17/h4-9H,10,17H2,1-3H3,(H,18,19). The summed E-state index contributed by atoms with van der Waals surface area (Å²) in [6.07, 6.45) is 1.56. The minimum absolute atomic E-state index is 0.112. The molecule has 0 aliphatic rings. The maximum Gasteiger partial charge on any atom is 0.257 e. The molecule has 0 atom stereocenters. The van der Waals surface area contributed by atoms with Crippen LogP contribution >= 0.6 is 0 Å². The Morgan fingerprint density at radius 3 is 2.71 bits per heavy atom. The van der Waals surface area contributed by atoms with E-state index in [1.54, 1.807) is 24.2 Å². The third kappa shape index (κ3) is 3.38. The van der Waals surface area contributed by atoms with Crippen LogP contribution in [-0.2, 0) is 6.54 Å². The van der Waals surface area contributed by atoms with E-state index in [9.17, 15) is 4.79 Å². The molecule has 0 spiro atoms. The van der Waals surface area contributed by atoms with Gasteiger partial charge in [0.15, 0.2) is 0 Å². The smallest absolute Gasteiger partial charge is 0.257 e. The fourth-order valence-electron chi connectivity index (χ4n) is 2.17. The van der Waals surface area contributed by atoms with E-state index in [1.807, 2.05) is 38.1 Å². The highest BCUT2D eigenvalue weighted by Gasteiger charge is 2.17. The Kier molecular flexibility index (Phi) is 4.55. The topological polar surface area (TPSA) is 71.2 Å². The van der Waals surface area contributed by atoms with Crippen molar-refractivity contribution >= 4 is 11.6 Å². The SMILES string of the molecule is Cc1cc(NN)c(C(=O)N(C)Cc2ccccc2C)cn1. The lowest BCUT2D eigenvalue weighted by molar-refractivity contribution is 0.0785. The molecule has 2 aromatic rings. The van der Waals surface area contributed by atoms with Crippen molar-refractivity contribution in [3.63, 3.8) is 0 Å². The van der Waals surface area contributed by atoms with Gasteiger partial charge in [-0.05, 0) is 31.0 Å². The number of anilines is 1. The first-order valence-corrected chi connectivity index (χ1v) is 6.76. The molecule has 1 aromatic carbocycles. The number of hydrogen-bond acceptors (Lipinski definition) is 4. The van der Waals surface area contributed by atoms with Crippen molar-refractivity contribution in [3.05, 3.63) is 58.9 Å². The lowest BCUT2D eigenvalue weighted by atomic mass is 10.1. The summed E-state index contributed by atoms with van der Waals surface area (Å²) in [5.41, 5.74) is 6.71. The summed E-state index contributed by atoms with van der Waals surface area (Å²) in [5.74, 6) is 5.37. The molecule has 0 fully saturated rings. The summed E-state index contributed by atoms with van der Waals surface area (Å²) in [7, 11) is 1.77. The Labute approximate surface area is 124 Å². The number of carbonyl (C=O) groups is 1. The summed E-state index contributed by atoms with van der Waals surface area (Å²) in [5, 5.41) is 0. The number of nitrogens with two attached hydrogens (primary N) is 1. The van der Waals surface area contributed by atoms with Crippen LogP contribution in [0.25, 0.3) is 0 Å². The van der Waals surface area contributed by atoms with Crippen molar-refractivity contribution in [1.82, 2.24) is 9.88 Å². The van der Waals surface area contributed by atoms with E-state index in [1.165, 1.54) is 0 Å². The van der Waals surface area contributed by atoms with Crippen LogP contribution in [-0.4, -0.2) is 22.8 Å². The highest BCUT2D eigenvalue weighted by Crippen LogP contribution is 2.18. The molecule has 110 valence electrons. The molecular formula is C16H20N4O. The zero-order valence-corrected chi connectivity index (χ0v) is 12.6. The normalized spacial score (nSPS) is 10.3. The number of aryl methyl sites for hydroxylation is 2. The summed E-state index contributed by atoms with van der Waals surface area (Å²) < 4.78 is 0. The number of nitrogen functional groups attached to an aromatic ring is 1. The Morgan fingerprint density at radius 2 is 2.05 bits per heavy atom. The molecule has 5 nitrogen and oxygen atoms in total. The van der Waals surface area contributed by atoms with Crippen LogP contribution in [0, 0.1) is 13.8 Å². The van der Waals surface area contributed by atoms with Gasteiger partial charge >= 0.3 is 0 Å². The van der Waals surface area contributed by atoms with Crippen molar-refractivity contribution in [1.29, 1.82) is 0 Å². The van der Waals surface area contributed by atoms with Crippen molar-refractivity contribution in [2.45, 2.75) is 20.4 Å². The maximum atomic E-state index is 12.5. The number of nitrogens with one attached hydrogen (secondary N) is 1. The van der Waals surface area contributed by atoms with Crippen LogP contribution < -0.4 is 11.3 Å². The van der Waals surface area contributed by atoms with Crippen LogP contribution in [0.3, 0.4) is 0 Å². The summed E-state index contributed by atoms with van der Waals surface area (Å²) >= 11 is 0. The average Bonchev–Trinajstić information content (AvgIpc) is 2.48. The first-order chi connectivity index (χ1) is 10.0. The molecule has 1 heterocycles. The molecule has 0 saturated heterocycles. The summed E-state index contributed by atoms with van der Waals surface area (Å²) in [4.78, 5) is 18.4.